The molecule has 0 saturated carbocycles. The molecule has 0 aliphatic heterocycles. The number of nitrogens with two attached hydrogens (primary N) is 1. The Labute approximate surface area is 120 Å². The Balaban J connectivity index is 2.59. The molecule has 0 atom stereocenters. The molecule has 0 aliphatic carbocycles. The van der Waals surface area contributed by atoms with Gasteiger partial charge in [-0.2, -0.15) is 0 Å². The van der Waals surface area contributed by atoms with Gasteiger partial charge in [-0.1, -0.05) is 0 Å². The number of sulfonamides is 1. The molecule has 1 rings (SSSR count). The van der Waals surface area contributed by atoms with Crippen LogP contribution in [-0.4, -0.2) is 37.8 Å². The van der Waals surface area contributed by atoms with Gasteiger partial charge in [0.25, 0.3) is 0 Å². The van der Waals surface area contributed by atoms with Gasteiger partial charge in [0.2, 0.25) is 10.0 Å². The number of hydrogen-bond acceptors (Lipinski definition) is 4. The first-order chi connectivity index (χ1) is 9.69. The van der Waals surface area contributed by atoms with Gasteiger partial charge < -0.3 is 15.7 Å². The molecule has 5 N–H and O–H groups in total. The van der Waals surface area contributed by atoms with Crippen LogP contribution in [0.1, 0.15) is 16.8 Å². The van der Waals surface area contributed by atoms with Crippen LogP contribution in [0, 0.1) is 5.82 Å². The number of halogens is 1. The Morgan fingerprint density at radius 2 is 2.00 bits per heavy atom. The zero-order valence-corrected chi connectivity index (χ0v) is 11.6. The first kappa shape index (κ1) is 16.9. The highest BCUT2D eigenvalue weighted by Gasteiger charge is 2.13. The van der Waals surface area contributed by atoms with Crippen molar-refractivity contribution in [3.8, 4) is 0 Å². The van der Waals surface area contributed by atoms with Crippen molar-refractivity contribution in [2.24, 2.45) is 5.14 Å². The van der Waals surface area contributed by atoms with Gasteiger partial charge in [-0.15, -0.1) is 0 Å². The molecule has 2 amide bonds. The van der Waals surface area contributed by atoms with Crippen molar-refractivity contribution in [3.63, 3.8) is 0 Å². The van der Waals surface area contributed by atoms with Crippen LogP contribution in [0.25, 0.3) is 0 Å². The third-order valence-electron chi connectivity index (χ3n) is 2.35. The lowest BCUT2D eigenvalue weighted by Crippen LogP contribution is -2.31. The quantitative estimate of drug-likeness (QED) is 0.559. The number of amides is 2. The Bertz CT molecular complexity index is 647. The Morgan fingerprint density at radius 3 is 2.57 bits per heavy atom. The number of carboxylic acid groups (broad SMARTS) is 1. The topological polar surface area (TPSA) is 139 Å². The average molecular weight is 319 g/mol. The van der Waals surface area contributed by atoms with Crippen LogP contribution in [0.3, 0.4) is 0 Å². The van der Waals surface area contributed by atoms with Crippen LogP contribution in [0.2, 0.25) is 0 Å². The van der Waals surface area contributed by atoms with Crippen LogP contribution in [-0.2, 0) is 10.0 Å². The predicted octanol–water partition coefficient (Wildman–Crippen LogP) is 0.324. The minimum atomic E-state index is -3.60. The van der Waals surface area contributed by atoms with Gasteiger partial charge in [0.15, 0.2) is 0 Å². The molecule has 0 saturated heterocycles. The van der Waals surface area contributed by atoms with Crippen molar-refractivity contribution in [2.45, 2.75) is 6.42 Å². The zero-order chi connectivity index (χ0) is 16.0. The fraction of sp³-hybridized carbons (Fsp3) is 0.273. The lowest BCUT2D eigenvalue weighted by atomic mass is 10.2. The van der Waals surface area contributed by atoms with E-state index in [1.165, 1.54) is 0 Å². The SMILES string of the molecule is NS(=O)(=O)CCCNC(=O)Nc1cc(F)ccc1C(=O)O. The Hall–Kier alpha value is -2.20. The Morgan fingerprint density at radius 1 is 1.33 bits per heavy atom. The van der Waals surface area contributed by atoms with Crippen LogP contribution in [0.15, 0.2) is 18.2 Å². The van der Waals surface area contributed by atoms with Crippen LogP contribution in [0.4, 0.5) is 14.9 Å². The molecule has 0 aliphatic rings. The molecule has 1 aromatic carbocycles. The second-order valence-electron chi connectivity index (χ2n) is 4.10. The fourth-order valence-electron chi connectivity index (χ4n) is 1.45. The van der Waals surface area contributed by atoms with Gasteiger partial charge in [-0.05, 0) is 24.6 Å². The highest BCUT2D eigenvalue weighted by molar-refractivity contribution is 7.89. The molecule has 0 heterocycles. The van der Waals surface area contributed by atoms with Crippen molar-refractivity contribution >= 4 is 27.7 Å². The third-order valence-corrected chi connectivity index (χ3v) is 3.21. The molecule has 0 radical (unpaired) electrons. The summed E-state index contributed by atoms with van der Waals surface area (Å²) in [5, 5.41) is 18.2. The Kier molecular flexibility index (Phi) is 5.61. The molecule has 1 aromatic rings. The van der Waals surface area contributed by atoms with E-state index in [2.05, 4.69) is 10.6 Å². The van der Waals surface area contributed by atoms with Crippen LogP contribution in [0.5, 0.6) is 0 Å². The standard InChI is InChI=1S/C11H14FN3O5S/c12-7-2-3-8(10(16)17)9(6-7)15-11(18)14-4-1-5-21(13,19)20/h2-3,6H,1,4-5H2,(H,16,17)(H2,13,19,20)(H2,14,15,18). The summed E-state index contributed by atoms with van der Waals surface area (Å²) in [7, 11) is -3.60. The number of benzene rings is 1. The van der Waals surface area contributed by atoms with Crippen LogP contribution < -0.4 is 15.8 Å². The number of nitrogens with one attached hydrogen (secondary N) is 2. The summed E-state index contributed by atoms with van der Waals surface area (Å²) in [6.45, 7) is 0.0139. The van der Waals surface area contributed by atoms with E-state index < -0.39 is 27.8 Å². The molecule has 0 unspecified atom stereocenters. The average Bonchev–Trinajstić information content (AvgIpc) is 2.33. The minimum absolute atomic E-state index is 0.0139. The normalized spacial score (nSPS) is 11.0. The van der Waals surface area contributed by atoms with E-state index in [1.807, 2.05) is 0 Å². The number of anilines is 1. The maximum Gasteiger partial charge on any atom is 0.337 e. The summed E-state index contributed by atoms with van der Waals surface area (Å²) in [5.74, 6) is -2.32. The van der Waals surface area contributed by atoms with Gasteiger partial charge >= 0.3 is 12.0 Å². The van der Waals surface area contributed by atoms with E-state index >= 15 is 0 Å². The molecule has 116 valence electrons. The molecule has 21 heavy (non-hydrogen) atoms. The van der Waals surface area contributed by atoms with Crippen molar-refractivity contribution < 1.29 is 27.5 Å². The highest BCUT2D eigenvalue weighted by Crippen LogP contribution is 2.17. The lowest BCUT2D eigenvalue weighted by molar-refractivity contribution is 0.0698. The van der Waals surface area contributed by atoms with Crippen LogP contribution >= 0.6 is 0 Å². The number of urea groups is 1. The smallest absolute Gasteiger partial charge is 0.337 e. The molecule has 0 fully saturated rings. The summed E-state index contributed by atoms with van der Waals surface area (Å²) in [4.78, 5) is 22.4. The number of carboxylic acids is 1. The van der Waals surface area contributed by atoms with Gasteiger partial charge in [0.1, 0.15) is 5.82 Å². The maximum atomic E-state index is 13.1. The predicted molar refractivity (Wildman–Crippen MR) is 73.0 cm³/mol. The first-order valence-corrected chi connectivity index (χ1v) is 7.49. The maximum absolute atomic E-state index is 13.1. The molecule has 0 aromatic heterocycles. The van der Waals surface area contributed by atoms with Crippen molar-refractivity contribution in [1.82, 2.24) is 5.32 Å². The van der Waals surface area contributed by atoms with E-state index in [0.717, 1.165) is 18.2 Å². The van der Waals surface area contributed by atoms with E-state index in [0.29, 0.717) is 0 Å². The van der Waals surface area contributed by atoms with Crippen molar-refractivity contribution in [2.75, 3.05) is 17.6 Å². The second-order valence-corrected chi connectivity index (χ2v) is 5.83. The number of hydrogen-bond donors (Lipinski definition) is 4. The number of aromatic carboxylic acids is 1. The minimum Gasteiger partial charge on any atom is -0.478 e. The lowest BCUT2D eigenvalue weighted by Gasteiger charge is -2.09. The first-order valence-electron chi connectivity index (χ1n) is 5.77. The molecular formula is C11H14FN3O5S. The number of primary sulfonamides is 1. The van der Waals surface area contributed by atoms with E-state index in [9.17, 15) is 22.4 Å². The number of carbonyl (C=O) groups excluding carboxylic acids is 1. The van der Waals surface area contributed by atoms with Gasteiger partial charge in [-0.25, -0.2) is 27.5 Å². The molecular weight excluding hydrogens is 305 g/mol. The van der Waals surface area contributed by atoms with E-state index in [4.69, 9.17) is 10.2 Å². The summed E-state index contributed by atoms with van der Waals surface area (Å²) >= 11 is 0. The largest absolute Gasteiger partial charge is 0.478 e. The number of carbonyl (C=O) groups is 2. The van der Waals surface area contributed by atoms with Crippen molar-refractivity contribution in [1.29, 1.82) is 0 Å². The zero-order valence-electron chi connectivity index (χ0n) is 10.8. The van der Waals surface area contributed by atoms with E-state index in [-0.39, 0.29) is 30.0 Å². The van der Waals surface area contributed by atoms with Gasteiger partial charge in [-0.3, -0.25) is 0 Å². The highest BCUT2D eigenvalue weighted by atomic mass is 32.2. The summed E-state index contributed by atoms with van der Waals surface area (Å²) in [6.07, 6.45) is 0.0984. The molecule has 0 bridgehead atoms. The third kappa shape index (κ3) is 6.19. The second kappa shape index (κ2) is 6.99. The number of rotatable bonds is 6. The van der Waals surface area contributed by atoms with Gasteiger partial charge in [0.05, 0.1) is 17.0 Å². The molecule has 8 nitrogen and oxygen atoms in total. The summed E-state index contributed by atoms with van der Waals surface area (Å²) in [5.41, 5.74) is -0.470. The van der Waals surface area contributed by atoms with Gasteiger partial charge in [0, 0.05) is 6.54 Å². The molecule has 0 spiro atoms. The molecule has 10 heteroatoms. The monoisotopic (exact) mass is 319 g/mol. The summed E-state index contributed by atoms with van der Waals surface area (Å²) < 4.78 is 34.4. The summed E-state index contributed by atoms with van der Waals surface area (Å²) in [6, 6.07) is 2.07. The van der Waals surface area contributed by atoms with E-state index in [1.54, 1.807) is 0 Å². The van der Waals surface area contributed by atoms with Crippen molar-refractivity contribution in [3.05, 3.63) is 29.6 Å². The fourth-order valence-corrected chi connectivity index (χ4v) is 1.99.